The van der Waals surface area contributed by atoms with E-state index in [-0.39, 0.29) is 6.61 Å². The number of hydrogen-bond acceptors (Lipinski definition) is 6. The molecule has 134 valence electrons. The van der Waals surface area contributed by atoms with E-state index in [4.69, 9.17) is 4.74 Å². The minimum absolute atomic E-state index is 0.250. The molecule has 0 bridgehead atoms. The van der Waals surface area contributed by atoms with Crippen LogP contribution in [0.25, 0.3) is 0 Å². The van der Waals surface area contributed by atoms with Crippen LogP contribution in [0.15, 0.2) is 6.07 Å². The predicted octanol–water partition coefficient (Wildman–Crippen LogP) is 1.98. The summed E-state index contributed by atoms with van der Waals surface area (Å²) in [7, 11) is 5.40. The highest BCUT2D eigenvalue weighted by molar-refractivity contribution is 5.75. The lowest BCUT2D eigenvalue weighted by Crippen LogP contribution is -2.47. The van der Waals surface area contributed by atoms with Crippen molar-refractivity contribution in [3.05, 3.63) is 11.8 Å². The number of ether oxygens (including phenoxy) is 1. The Balaban J connectivity index is 2.23. The van der Waals surface area contributed by atoms with Gasteiger partial charge in [0.15, 0.2) is 0 Å². The highest BCUT2D eigenvalue weighted by Gasteiger charge is 2.42. The van der Waals surface area contributed by atoms with Crippen molar-refractivity contribution in [2.24, 2.45) is 5.41 Å². The van der Waals surface area contributed by atoms with Crippen LogP contribution in [0.5, 0.6) is 0 Å². The van der Waals surface area contributed by atoms with Gasteiger partial charge in [0.2, 0.25) is 5.95 Å². The number of nitrogens with zero attached hydrogens (tertiary/aromatic N) is 4. The summed E-state index contributed by atoms with van der Waals surface area (Å²) >= 11 is 0. The van der Waals surface area contributed by atoms with Crippen LogP contribution in [0.4, 0.5) is 11.8 Å². The lowest BCUT2D eigenvalue weighted by Gasteiger charge is -2.39. The first-order valence-corrected chi connectivity index (χ1v) is 8.32. The van der Waals surface area contributed by atoms with Crippen molar-refractivity contribution in [3.63, 3.8) is 0 Å². The topological polar surface area (TPSA) is 78.8 Å². The van der Waals surface area contributed by atoms with Crippen LogP contribution in [0, 0.1) is 5.41 Å². The summed E-state index contributed by atoms with van der Waals surface area (Å²) in [6, 6.07) is 2.02. The van der Waals surface area contributed by atoms with Gasteiger partial charge < -0.3 is 19.6 Å². The molecule has 0 aliphatic carbocycles. The molecule has 0 amide bonds. The van der Waals surface area contributed by atoms with E-state index in [1.807, 2.05) is 25.1 Å². The van der Waals surface area contributed by atoms with E-state index in [2.05, 4.69) is 28.7 Å². The fourth-order valence-corrected chi connectivity index (χ4v) is 2.96. The van der Waals surface area contributed by atoms with E-state index in [1.54, 1.807) is 7.11 Å². The highest BCUT2D eigenvalue weighted by Crippen LogP contribution is 2.34. The van der Waals surface area contributed by atoms with Crippen molar-refractivity contribution in [2.75, 3.05) is 50.7 Å². The molecule has 7 heteroatoms. The van der Waals surface area contributed by atoms with Gasteiger partial charge >= 0.3 is 5.97 Å². The van der Waals surface area contributed by atoms with Gasteiger partial charge in [-0.2, -0.15) is 4.98 Å². The van der Waals surface area contributed by atoms with Crippen LogP contribution < -0.4 is 9.80 Å². The van der Waals surface area contributed by atoms with Gasteiger partial charge in [0.25, 0.3) is 0 Å². The Morgan fingerprint density at radius 3 is 2.46 bits per heavy atom. The second-order valence-electron chi connectivity index (χ2n) is 7.01. The summed E-state index contributed by atoms with van der Waals surface area (Å²) in [5.74, 6) is 1.09. The lowest BCUT2D eigenvalue weighted by atomic mass is 9.79. The molecule has 1 aliphatic rings. The zero-order valence-corrected chi connectivity index (χ0v) is 15.2. The molecule has 24 heavy (non-hydrogen) atoms. The predicted molar refractivity (Wildman–Crippen MR) is 93.8 cm³/mol. The smallest absolute Gasteiger partial charge is 0.312 e. The Bertz CT molecular complexity index is 555. The summed E-state index contributed by atoms with van der Waals surface area (Å²) in [6.07, 6.45) is 1.10. The largest absolute Gasteiger partial charge is 0.481 e. The van der Waals surface area contributed by atoms with Crippen LogP contribution in [-0.2, 0) is 9.53 Å². The molecule has 1 aliphatic heterocycles. The Morgan fingerprint density at radius 1 is 1.38 bits per heavy atom. The molecule has 0 unspecified atom stereocenters. The first kappa shape index (κ1) is 18.4. The van der Waals surface area contributed by atoms with E-state index < -0.39 is 11.4 Å². The van der Waals surface area contributed by atoms with Crippen LogP contribution in [0.2, 0.25) is 0 Å². The van der Waals surface area contributed by atoms with Gasteiger partial charge in [0.05, 0.1) is 17.7 Å². The Morgan fingerprint density at radius 2 is 2.00 bits per heavy atom. The summed E-state index contributed by atoms with van der Waals surface area (Å²) in [6.45, 7) is 5.76. The van der Waals surface area contributed by atoms with Crippen molar-refractivity contribution in [1.29, 1.82) is 0 Å². The number of anilines is 2. The summed E-state index contributed by atoms with van der Waals surface area (Å²) < 4.78 is 5.16. The molecule has 0 spiro atoms. The Kier molecular flexibility index (Phi) is 5.64. The van der Waals surface area contributed by atoms with Crippen LogP contribution >= 0.6 is 0 Å². The van der Waals surface area contributed by atoms with Gasteiger partial charge in [0, 0.05) is 40.4 Å². The number of aliphatic carboxylic acids is 1. The highest BCUT2D eigenvalue weighted by atomic mass is 16.5. The molecular weight excluding hydrogens is 308 g/mol. The van der Waals surface area contributed by atoms with E-state index in [9.17, 15) is 9.90 Å². The molecule has 1 aromatic heterocycles. The zero-order chi connectivity index (χ0) is 17.9. The number of carbonyl (C=O) groups is 1. The molecule has 0 atom stereocenters. The third-order valence-electron chi connectivity index (χ3n) is 4.63. The van der Waals surface area contributed by atoms with Crippen molar-refractivity contribution in [1.82, 2.24) is 9.97 Å². The van der Waals surface area contributed by atoms with Gasteiger partial charge in [-0.05, 0) is 18.8 Å². The van der Waals surface area contributed by atoms with Gasteiger partial charge in [-0.15, -0.1) is 0 Å². The number of methoxy groups -OCH3 is 1. The SMILES string of the molecule is COCC1(C(=O)O)CCN(c2cc(C(C)C)nc(N(C)C)n2)CC1. The van der Waals surface area contributed by atoms with E-state index in [1.165, 1.54) is 0 Å². The number of piperidine rings is 1. The zero-order valence-electron chi connectivity index (χ0n) is 15.2. The summed E-state index contributed by atoms with van der Waals surface area (Å²) in [5.41, 5.74) is 0.208. The quantitative estimate of drug-likeness (QED) is 0.851. The number of aromatic nitrogens is 2. The van der Waals surface area contributed by atoms with Crippen LogP contribution in [0.1, 0.15) is 38.3 Å². The van der Waals surface area contributed by atoms with E-state index >= 15 is 0 Å². The fraction of sp³-hybridized carbons (Fsp3) is 0.706. The molecule has 1 N–H and O–H groups in total. The molecule has 7 nitrogen and oxygen atoms in total. The first-order valence-electron chi connectivity index (χ1n) is 8.32. The van der Waals surface area contributed by atoms with Gasteiger partial charge in [-0.1, -0.05) is 13.8 Å². The van der Waals surface area contributed by atoms with Gasteiger partial charge in [0.1, 0.15) is 5.82 Å². The third kappa shape index (κ3) is 3.77. The fourth-order valence-electron chi connectivity index (χ4n) is 2.96. The molecule has 1 aromatic rings. The lowest BCUT2D eigenvalue weighted by molar-refractivity contribution is -0.154. The number of hydrogen-bond donors (Lipinski definition) is 1. The Hall–Kier alpha value is -1.89. The maximum atomic E-state index is 11.7. The van der Waals surface area contributed by atoms with E-state index in [0.29, 0.717) is 37.8 Å². The van der Waals surface area contributed by atoms with E-state index in [0.717, 1.165) is 11.5 Å². The van der Waals surface area contributed by atoms with Crippen molar-refractivity contribution < 1.29 is 14.6 Å². The second kappa shape index (κ2) is 7.34. The molecule has 0 saturated carbocycles. The maximum absolute atomic E-state index is 11.7. The summed E-state index contributed by atoms with van der Waals surface area (Å²) in [5, 5.41) is 9.58. The monoisotopic (exact) mass is 336 g/mol. The standard InChI is InChI=1S/C17H28N4O3/c1-12(2)13-10-14(19-16(18-13)20(3)4)21-8-6-17(7-9-21,11-24-5)15(22)23/h10,12H,6-9,11H2,1-5H3,(H,22,23). The molecule has 2 heterocycles. The van der Waals surface area contributed by atoms with Crippen molar-refractivity contribution >= 4 is 17.7 Å². The molecular formula is C17H28N4O3. The Labute approximate surface area is 143 Å². The molecule has 1 saturated heterocycles. The van der Waals surface area contributed by atoms with Crippen LogP contribution in [0.3, 0.4) is 0 Å². The normalized spacial score (nSPS) is 17.2. The average molecular weight is 336 g/mol. The molecule has 0 aromatic carbocycles. The molecule has 2 rings (SSSR count). The first-order chi connectivity index (χ1) is 11.3. The molecule has 1 fully saturated rings. The van der Waals surface area contributed by atoms with Crippen molar-refractivity contribution in [2.45, 2.75) is 32.6 Å². The van der Waals surface area contributed by atoms with Gasteiger partial charge in [-0.3, -0.25) is 4.79 Å². The van der Waals surface area contributed by atoms with Gasteiger partial charge in [-0.25, -0.2) is 4.98 Å². The maximum Gasteiger partial charge on any atom is 0.312 e. The third-order valence-corrected chi connectivity index (χ3v) is 4.63. The number of carboxylic acid groups (broad SMARTS) is 1. The second-order valence-corrected chi connectivity index (χ2v) is 7.01. The minimum atomic E-state index is -0.788. The molecule has 0 radical (unpaired) electrons. The van der Waals surface area contributed by atoms with Crippen LogP contribution in [-0.4, -0.2) is 61.9 Å². The number of carboxylic acids is 1. The average Bonchev–Trinajstić information content (AvgIpc) is 2.55. The minimum Gasteiger partial charge on any atom is -0.481 e. The van der Waals surface area contributed by atoms with Crippen molar-refractivity contribution in [3.8, 4) is 0 Å². The summed E-state index contributed by atoms with van der Waals surface area (Å²) in [4.78, 5) is 24.9. The number of rotatable bonds is 6.